The van der Waals surface area contributed by atoms with Gasteiger partial charge in [0.05, 0.1) is 38.0 Å². The van der Waals surface area contributed by atoms with Crippen molar-refractivity contribution in [2.75, 3.05) is 155 Å². The van der Waals surface area contributed by atoms with Crippen LogP contribution in [0.25, 0.3) is 0 Å². The van der Waals surface area contributed by atoms with Crippen molar-refractivity contribution in [2.45, 2.75) is 132 Å². The summed E-state index contributed by atoms with van der Waals surface area (Å²) in [4.78, 5) is 175. The van der Waals surface area contributed by atoms with Crippen LogP contribution >= 0.6 is 0 Å². The Hall–Kier alpha value is -2.36. The zero-order chi connectivity index (χ0) is 96.5. The Morgan fingerprint density at radius 1 is 0.336 bits per heavy atom. The van der Waals surface area contributed by atoms with E-state index >= 15 is 0 Å². The Bertz CT molecular complexity index is 2720. The van der Waals surface area contributed by atoms with E-state index in [1.165, 1.54) is 42.3 Å². The van der Waals surface area contributed by atoms with Gasteiger partial charge in [0, 0.05) is 203 Å². The van der Waals surface area contributed by atoms with E-state index < -0.39 is 182 Å². The van der Waals surface area contributed by atoms with Gasteiger partial charge in [-0.15, -0.1) is 13.2 Å². The third kappa shape index (κ3) is 54.3. The number of aliphatic carboxylic acids is 1. The van der Waals surface area contributed by atoms with Gasteiger partial charge in [-0.05, 0) is 0 Å². The van der Waals surface area contributed by atoms with Crippen LogP contribution < -0.4 is 0 Å². The van der Waals surface area contributed by atoms with Gasteiger partial charge in [-0.25, -0.2) is 0 Å². The maximum atomic E-state index is 11.9. The summed E-state index contributed by atoms with van der Waals surface area (Å²) in [7, 11) is -46.3. The number of esters is 3. The number of rotatable bonds is 48. The van der Waals surface area contributed by atoms with Gasteiger partial charge in [-0.3, -0.25) is 33.6 Å². The van der Waals surface area contributed by atoms with Crippen molar-refractivity contribution in [1.29, 1.82) is 0 Å². The molecule has 0 aromatic heterocycles. The second kappa shape index (κ2) is 66.9. The molecule has 1 aliphatic rings. The van der Waals surface area contributed by atoms with Gasteiger partial charge in [-0.2, -0.15) is 6.92 Å². The van der Waals surface area contributed by atoms with Gasteiger partial charge < -0.3 is 222 Å². The fraction of sp³-hybridized carbons (Fsp3) is 0.808. The first-order chi connectivity index (χ1) is 56.0. The Morgan fingerprint density at radius 3 is 0.787 bits per heavy atom. The number of carboxylic acid groups (broad SMARTS) is 1. The number of aliphatic hydroxyl groups excluding tert-OH is 1. The zero-order valence-electron chi connectivity index (χ0n) is 74.7. The van der Waals surface area contributed by atoms with Crippen LogP contribution in [0.4, 0.5) is 0 Å². The molecule has 0 radical (unpaired) electrons. The Morgan fingerprint density at radius 2 is 0.582 bits per heavy atom. The van der Waals surface area contributed by atoms with Crippen LogP contribution in [0.3, 0.4) is 0 Å². The van der Waals surface area contributed by atoms with Crippen molar-refractivity contribution in [2.24, 2.45) is 0 Å². The van der Waals surface area contributed by atoms with Gasteiger partial charge in [0.25, 0.3) is 23.9 Å². The summed E-state index contributed by atoms with van der Waals surface area (Å²) >= 11 is 0. The number of ether oxygens (including phenoxy) is 3. The van der Waals surface area contributed by atoms with Gasteiger partial charge >= 0.3 is 152 Å². The Balaban J connectivity index is -0.000000203. The normalized spacial score (nSPS) is 21.9. The minimum atomic E-state index is -5.24. The first kappa shape index (κ1) is 135. The number of carbonyl (C=O) groups excluding carboxylic acids is 6. The summed E-state index contributed by atoms with van der Waals surface area (Å²) in [6.07, 6.45) is 1.95. The molecule has 0 saturated carbocycles. The van der Waals surface area contributed by atoms with E-state index in [0.717, 1.165) is 132 Å². The lowest BCUT2D eigenvalue weighted by Gasteiger charge is -2.42. The maximum Gasteiger partial charge on any atom is 0.743 e. The minimum Gasteiger partial charge on any atom is -0.481 e. The topological polar surface area (TPSA) is 707 Å². The van der Waals surface area contributed by atoms with Crippen LogP contribution in [0.5, 0.6) is 0 Å². The first-order valence-electron chi connectivity index (χ1n) is 34.7. The van der Waals surface area contributed by atoms with Crippen molar-refractivity contribution in [3.8, 4) is 0 Å². The number of hydrogen-bond acceptors (Lipinski definition) is 53. The molecule has 1 aliphatic heterocycles. The van der Waals surface area contributed by atoms with Gasteiger partial charge in [-0.1, -0.05) is 40.0 Å². The molecule has 14 N–H and O–H groups in total. The average Bonchev–Trinajstić information content (AvgIpc) is 0.767. The van der Waals surface area contributed by atoms with E-state index in [-0.39, 0.29) is 50.9 Å². The molecule has 1 heterocycles. The summed E-state index contributed by atoms with van der Waals surface area (Å²) in [5, 5.41) is 14.4. The van der Waals surface area contributed by atoms with E-state index in [0.29, 0.717) is 12.8 Å². The highest BCUT2D eigenvalue weighted by Crippen LogP contribution is 2.35. The lowest BCUT2D eigenvalue weighted by molar-refractivity contribution is -0.146. The first-order valence-corrected chi connectivity index (χ1v) is 61.3. The molecule has 734 valence electrons. The Labute approximate surface area is 729 Å². The van der Waals surface area contributed by atoms with Crippen LogP contribution in [0, 0.1) is 6.92 Å². The molecule has 0 aliphatic carbocycles. The van der Waals surface area contributed by atoms with Crippen molar-refractivity contribution >= 4 is 176 Å². The van der Waals surface area contributed by atoms with Crippen LogP contribution in [0.2, 0.25) is 36.3 Å². The van der Waals surface area contributed by atoms with Crippen molar-refractivity contribution in [3.05, 3.63) is 20.1 Å². The van der Waals surface area contributed by atoms with E-state index in [9.17, 15) is 71.9 Å². The summed E-state index contributed by atoms with van der Waals surface area (Å²) in [6.45, 7) is 23.2. The minimum absolute atomic E-state index is 0. The highest BCUT2D eigenvalue weighted by molar-refractivity contribution is 6.85. The Kier molecular flexibility index (Phi) is 74.1. The van der Waals surface area contributed by atoms with Crippen LogP contribution in [-0.2, 0) is 196 Å². The fourth-order valence-electron chi connectivity index (χ4n) is 7.70. The smallest absolute Gasteiger partial charge is 0.481 e. The molecule has 1 saturated heterocycles. The lowest BCUT2D eigenvalue weighted by Crippen LogP contribution is -2.75. The zero-order valence-corrected chi connectivity index (χ0v) is 89.7. The standard InChI is InChI=1S/C14H30O13Si3.C13H30O15Si4.C12H38O20Si7.C6H16O3Si.C2H4O2.C2H5.C2H4.CH4O.H2O.H2/c1-12(15)23-6-9-28(18,21-4)26-30(20,11-8-25-14(3)17)27-29(19,22-5)10-7-24-13(2)16;1-9-10-29(19-5,20-6)26-32(25-13(4)16,27-30(17,21-7)23-11(2)14)28-31(18,22-8)24-12(3)15;1-11-12-33(17-2,18-3)26-39(25-10)31-36(15,21-6)27-34(13,19-4)29-38(23-8,24-9)30-35(14,20-5)28-37(16,22-7)32-39;1-5-6-10(7-2,8-3)9-4;1-2(3)4;3*1-2;;/h18-20H,6-11H2,1-5H3;17-18H,9-10H2,1-8H3;13-16H,11-12H2,1-10H3;5-6H2,1-4H3;1H3,(H,3,4);1H2,2H3;1-2H2;2H,1H3;1H2;1H/q;;;;;-1;;;;/p+1/i;;;;;;;;;1+1. The molecule has 1 rings (SSSR count). The number of hydrogen-bond donors (Lipinski definition) is 11. The van der Waals surface area contributed by atoms with E-state index in [1.807, 2.05) is 0 Å². The maximum absolute atomic E-state index is 11.9. The van der Waals surface area contributed by atoms with Crippen LogP contribution in [-0.4, -0.2) is 384 Å². The molecule has 70 heteroatoms. The van der Waals surface area contributed by atoms with E-state index in [2.05, 4.69) is 27.0 Å². The molecule has 0 aromatic carbocycles. The van der Waals surface area contributed by atoms with Crippen LogP contribution in [0.1, 0.15) is 96.9 Å². The average molecular weight is 2060 g/mol. The fourth-order valence-corrected chi connectivity index (χ4v) is 49.4. The highest BCUT2D eigenvalue weighted by Gasteiger charge is 2.75. The highest BCUT2D eigenvalue weighted by atomic mass is 28.6. The van der Waals surface area contributed by atoms with Crippen molar-refractivity contribution in [1.82, 2.24) is 0 Å². The number of carboxylic acids is 1. The summed E-state index contributed by atoms with van der Waals surface area (Å²) in [5.41, 5.74) is 0. The quantitative estimate of drug-likeness (QED) is 0.00705. The molecule has 8 atom stereocenters. The molecule has 55 nitrogen and oxygen atoms in total. The van der Waals surface area contributed by atoms with Gasteiger partial charge in [0.15, 0.2) is 0 Å². The van der Waals surface area contributed by atoms with Crippen molar-refractivity contribution in [3.63, 3.8) is 0 Å². The van der Waals surface area contributed by atoms with E-state index in [1.54, 1.807) is 42.1 Å². The largest absolute Gasteiger partial charge is 0.743 e. The predicted molar refractivity (Wildman–Crippen MR) is 441 cm³/mol. The monoisotopic (exact) mass is 2060 g/mol. The molecular weight excluding hydrogens is 1930 g/mol. The second-order valence-corrected chi connectivity index (χ2v) is 60.0. The van der Waals surface area contributed by atoms with Gasteiger partial charge in [0.2, 0.25) is 0 Å². The molecule has 0 bridgehead atoms. The molecular formula is C52H136O55Si15. The predicted octanol–water partition coefficient (Wildman–Crippen LogP) is -3.45. The summed E-state index contributed by atoms with van der Waals surface area (Å²) in [6, 6.07) is 0.249. The van der Waals surface area contributed by atoms with Gasteiger partial charge in [0.1, 0.15) is 0 Å². The molecule has 0 amide bonds. The molecule has 0 spiro atoms. The molecule has 122 heavy (non-hydrogen) atoms. The number of aliphatic hydroxyl groups is 1. The third-order valence-corrected chi connectivity index (χ3v) is 56.6. The molecule has 1 fully saturated rings. The number of carbonyl (C=O) groups is 7. The van der Waals surface area contributed by atoms with Crippen molar-refractivity contribution < 1.29 is 250 Å². The molecule has 0 aromatic rings. The SMILES string of the molecule is C=C.CC(=O)O.CCC[Si](OC)(OC)OC.CCC[Si](OC)(OC)O[Si](OC(C)=O)(O[Si](O)(OC)OC(C)=O)O[Si](O)(OC)OC(C)=O.CCC[Si](OC)(OC)O[Si]1(OC)O[Si](O)(OC)O[Si](O)(OC)O[Si](OC)(OC)O[Si](O)(OC)O[Si](O)(OC)O1.CO.CO[Si](O)(CCOC(C)=O)O[Si](O)(CCOC(C)=O)O[Si](O)(CCOC(C)=O)OC.[2HH].[CH2-]C.[OH3+]. The molecule has 8 unspecified atom stereocenters. The lowest BCUT2D eigenvalue weighted by atomic mass is 10.6. The summed E-state index contributed by atoms with van der Waals surface area (Å²) < 4.78 is 188. The second-order valence-electron chi connectivity index (χ2n) is 21.5. The third-order valence-electron chi connectivity index (χ3n) is 13.0. The summed E-state index contributed by atoms with van der Waals surface area (Å²) in [5.74, 6) is -5.77. The van der Waals surface area contributed by atoms with E-state index in [4.69, 9.17) is 172 Å². The van der Waals surface area contributed by atoms with Crippen LogP contribution in [0.15, 0.2) is 13.2 Å².